The molecular weight excluding hydrogens is 193 g/mol. The number of ketones is 1. The van der Waals surface area contributed by atoms with Gasteiger partial charge in [-0.25, -0.2) is 4.39 Å². The minimum atomic E-state index is -0.565. The lowest BCUT2D eigenvalue weighted by atomic mass is 10.1. The molecule has 0 saturated heterocycles. The molecule has 0 atom stereocenters. The average Bonchev–Trinajstić information content (AvgIpc) is 2.26. The van der Waals surface area contributed by atoms with Crippen molar-refractivity contribution in [3.8, 4) is 0 Å². The Hall–Kier alpha value is -1.51. The molecule has 0 spiro atoms. The third-order valence-electron chi connectivity index (χ3n) is 2.28. The lowest BCUT2D eigenvalue weighted by Gasteiger charge is -2.00. The molecule has 1 heterocycles. The van der Waals surface area contributed by atoms with Crippen LogP contribution in [0.3, 0.4) is 0 Å². The van der Waals surface area contributed by atoms with Gasteiger partial charge in [0.05, 0.1) is 11.8 Å². The van der Waals surface area contributed by atoms with Gasteiger partial charge in [-0.05, 0) is 25.0 Å². The molecule has 80 valence electrons. The van der Waals surface area contributed by atoms with Crippen LogP contribution in [-0.2, 0) is 0 Å². The summed E-state index contributed by atoms with van der Waals surface area (Å²) < 4.78 is 13.2. The van der Waals surface area contributed by atoms with Gasteiger partial charge in [0.2, 0.25) is 0 Å². The molecule has 0 aliphatic heterocycles. The lowest BCUT2D eigenvalue weighted by molar-refractivity contribution is 0.104. The molecule has 1 rings (SSSR count). The van der Waals surface area contributed by atoms with Gasteiger partial charge >= 0.3 is 0 Å². The fourth-order valence-electron chi connectivity index (χ4n) is 1.29. The first-order chi connectivity index (χ1) is 7.19. The van der Waals surface area contributed by atoms with Gasteiger partial charge < -0.3 is 0 Å². The maximum absolute atomic E-state index is 13.2. The van der Waals surface area contributed by atoms with Gasteiger partial charge in [-0.3, -0.25) is 9.78 Å². The lowest BCUT2D eigenvalue weighted by Crippen LogP contribution is -2.00. The molecule has 2 nitrogen and oxygen atoms in total. The Labute approximate surface area is 88.8 Å². The molecule has 0 unspecified atom stereocenters. The minimum Gasteiger partial charge on any atom is -0.289 e. The molecule has 3 heteroatoms. The van der Waals surface area contributed by atoms with Crippen molar-refractivity contribution in [3.05, 3.63) is 41.5 Å². The van der Waals surface area contributed by atoms with Gasteiger partial charge in [-0.15, -0.1) is 0 Å². The topological polar surface area (TPSA) is 30.0 Å². The Morgan fingerprint density at radius 2 is 2.13 bits per heavy atom. The number of nitrogens with zero attached hydrogens (tertiary/aromatic N) is 1. The molecule has 0 bridgehead atoms. The first-order valence-electron chi connectivity index (χ1n) is 5.02. The van der Waals surface area contributed by atoms with Crippen LogP contribution in [0.5, 0.6) is 0 Å². The van der Waals surface area contributed by atoms with Crippen molar-refractivity contribution in [1.82, 2.24) is 4.98 Å². The van der Waals surface area contributed by atoms with Gasteiger partial charge in [0.1, 0.15) is 0 Å². The summed E-state index contributed by atoms with van der Waals surface area (Å²) in [6, 6.07) is 1.40. The summed E-state index contributed by atoms with van der Waals surface area (Å²) in [6.07, 6.45) is 5.61. The maximum Gasteiger partial charge on any atom is 0.188 e. The smallest absolute Gasteiger partial charge is 0.188 e. The van der Waals surface area contributed by atoms with E-state index in [1.807, 2.05) is 13.8 Å². The molecule has 0 radical (unpaired) electrons. The summed E-state index contributed by atoms with van der Waals surface area (Å²) in [4.78, 5) is 15.2. The van der Waals surface area contributed by atoms with Gasteiger partial charge in [0.25, 0.3) is 0 Å². The highest BCUT2D eigenvalue weighted by atomic mass is 19.1. The molecule has 0 saturated carbocycles. The zero-order valence-corrected chi connectivity index (χ0v) is 8.96. The van der Waals surface area contributed by atoms with E-state index in [4.69, 9.17) is 0 Å². The highest BCUT2D eigenvalue weighted by Crippen LogP contribution is 2.11. The number of carbonyl (C=O) groups is 1. The molecule has 0 N–H and O–H groups in total. The van der Waals surface area contributed by atoms with E-state index in [1.54, 1.807) is 0 Å². The van der Waals surface area contributed by atoms with E-state index in [1.165, 1.54) is 18.3 Å². The monoisotopic (exact) mass is 207 g/mol. The minimum absolute atomic E-state index is 0.0874. The van der Waals surface area contributed by atoms with E-state index in [9.17, 15) is 9.18 Å². The van der Waals surface area contributed by atoms with Crippen LogP contribution < -0.4 is 0 Å². The molecule has 0 aliphatic carbocycles. The molecule has 0 fully saturated rings. The van der Waals surface area contributed by atoms with Gasteiger partial charge in [0.15, 0.2) is 11.6 Å². The van der Waals surface area contributed by atoms with Crippen molar-refractivity contribution in [2.75, 3.05) is 0 Å². The van der Waals surface area contributed by atoms with Crippen LogP contribution in [-0.4, -0.2) is 10.8 Å². The van der Waals surface area contributed by atoms with Gasteiger partial charge in [-0.2, -0.15) is 0 Å². The molecule has 0 aliphatic rings. The second-order valence-corrected chi connectivity index (χ2v) is 3.23. The number of hydrogen-bond donors (Lipinski definition) is 0. The number of carbonyl (C=O) groups excluding carboxylic acids is 1. The van der Waals surface area contributed by atoms with E-state index in [2.05, 4.69) is 4.98 Å². The number of halogens is 1. The summed E-state index contributed by atoms with van der Waals surface area (Å²) in [5.74, 6) is -0.848. The number of rotatable bonds is 4. The second-order valence-electron chi connectivity index (χ2n) is 3.23. The largest absolute Gasteiger partial charge is 0.289 e. The Bertz CT molecular complexity index is 379. The van der Waals surface area contributed by atoms with Gasteiger partial charge in [-0.1, -0.05) is 19.4 Å². The van der Waals surface area contributed by atoms with Crippen LogP contribution in [0.15, 0.2) is 30.1 Å². The molecule has 15 heavy (non-hydrogen) atoms. The molecule has 1 aromatic rings. The Balaban J connectivity index is 2.95. The quantitative estimate of drug-likeness (QED) is 0.560. The molecule has 1 aromatic heterocycles. The van der Waals surface area contributed by atoms with Crippen molar-refractivity contribution in [3.63, 3.8) is 0 Å². The Morgan fingerprint density at radius 3 is 2.67 bits per heavy atom. The van der Waals surface area contributed by atoms with Crippen LogP contribution in [0.1, 0.15) is 37.0 Å². The Morgan fingerprint density at radius 1 is 1.47 bits per heavy atom. The second kappa shape index (κ2) is 5.39. The summed E-state index contributed by atoms with van der Waals surface area (Å²) in [7, 11) is 0. The highest BCUT2D eigenvalue weighted by Gasteiger charge is 2.08. The van der Waals surface area contributed by atoms with Crippen LogP contribution in [0.2, 0.25) is 0 Å². The maximum atomic E-state index is 13.2. The van der Waals surface area contributed by atoms with E-state index in [0.29, 0.717) is 0 Å². The number of hydrogen-bond acceptors (Lipinski definition) is 2. The standard InChI is InChI=1S/C12H14FNO/c1-3-9(4-2)7-12(15)10-5-6-14-8-11(10)13/h5-8H,3-4H2,1-2H3. The van der Waals surface area contributed by atoms with Crippen LogP contribution in [0.25, 0.3) is 0 Å². The predicted molar refractivity (Wildman–Crippen MR) is 57.2 cm³/mol. The van der Waals surface area contributed by atoms with E-state index >= 15 is 0 Å². The molecule has 0 aromatic carbocycles. The molecular formula is C12H14FNO. The van der Waals surface area contributed by atoms with Crippen LogP contribution in [0.4, 0.5) is 4.39 Å². The summed E-state index contributed by atoms with van der Waals surface area (Å²) >= 11 is 0. The molecule has 0 amide bonds. The Kier molecular flexibility index (Phi) is 4.16. The fraction of sp³-hybridized carbons (Fsp3) is 0.333. The van der Waals surface area contributed by atoms with Crippen LogP contribution in [0, 0.1) is 5.82 Å². The highest BCUT2D eigenvalue weighted by molar-refractivity contribution is 6.04. The van der Waals surface area contributed by atoms with Crippen molar-refractivity contribution in [2.24, 2.45) is 0 Å². The van der Waals surface area contributed by atoms with Crippen molar-refractivity contribution < 1.29 is 9.18 Å². The zero-order valence-electron chi connectivity index (χ0n) is 8.96. The van der Waals surface area contributed by atoms with Crippen molar-refractivity contribution in [2.45, 2.75) is 26.7 Å². The third-order valence-corrected chi connectivity index (χ3v) is 2.28. The SMILES string of the molecule is CCC(=CC(=O)c1ccncc1F)CC. The fourth-order valence-corrected chi connectivity index (χ4v) is 1.29. The van der Waals surface area contributed by atoms with E-state index < -0.39 is 5.82 Å². The zero-order chi connectivity index (χ0) is 11.3. The summed E-state index contributed by atoms with van der Waals surface area (Å²) in [6.45, 7) is 3.96. The van der Waals surface area contributed by atoms with Gasteiger partial charge in [0, 0.05) is 6.20 Å². The first kappa shape index (κ1) is 11.6. The third kappa shape index (κ3) is 2.98. The summed E-state index contributed by atoms with van der Waals surface area (Å²) in [5.41, 5.74) is 1.11. The normalized spacial score (nSPS) is 9.80. The van der Waals surface area contributed by atoms with Crippen molar-refractivity contribution in [1.29, 1.82) is 0 Å². The predicted octanol–water partition coefficient (Wildman–Crippen LogP) is 3.15. The number of pyridine rings is 1. The average molecular weight is 207 g/mol. The van der Waals surface area contributed by atoms with E-state index in [0.717, 1.165) is 24.6 Å². The number of allylic oxidation sites excluding steroid dienone is 2. The van der Waals surface area contributed by atoms with E-state index in [-0.39, 0.29) is 11.3 Å². The number of aromatic nitrogens is 1. The van der Waals surface area contributed by atoms with Crippen molar-refractivity contribution >= 4 is 5.78 Å². The first-order valence-corrected chi connectivity index (χ1v) is 5.02. The summed E-state index contributed by atoms with van der Waals surface area (Å²) in [5, 5.41) is 0. The van der Waals surface area contributed by atoms with Crippen LogP contribution >= 0.6 is 0 Å².